The minimum absolute atomic E-state index is 0.0687. The zero-order chi connectivity index (χ0) is 11.4. The van der Waals surface area contributed by atoms with E-state index in [2.05, 4.69) is 17.1 Å². The Morgan fingerprint density at radius 2 is 1.88 bits per heavy atom. The van der Waals surface area contributed by atoms with Gasteiger partial charge in [0.15, 0.2) is 0 Å². The number of hydrogen-bond donors (Lipinski definition) is 0. The monoisotopic (exact) mass is 217 g/mol. The number of nitrogens with zero attached hydrogens (tertiary/aromatic N) is 1. The first-order valence-electron chi connectivity index (χ1n) is 6.26. The van der Waals surface area contributed by atoms with Crippen LogP contribution in [0, 0.1) is 0 Å². The van der Waals surface area contributed by atoms with Gasteiger partial charge in [0.1, 0.15) is 0 Å². The molecule has 0 N–H and O–H groups in total. The first kappa shape index (κ1) is 11.3. The van der Waals surface area contributed by atoms with Crippen molar-refractivity contribution in [2.45, 2.75) is 51.9 Å². The zero-order valence-corrected chi connectivity index (χ0v) is 9.96. The van der Waals surface area contributed by atoms with Crippen molar-refractivity contribution >= 4 is 11.6 Å². The van der Waals surface area contributed by atoms with Crippen molar-refractivity contribution in [3.8, 4) is 0 Å². The quantitative estimate of drug-likeness (QED) is 0.695. The van der Waals surface area contributed by atoms with Crippen LogP contribution in [0.4, 0.5) is 0 Å². The van der Waals surface area contributed by atoms with Crippen molar-refractivity contribution in [1.82, 2.24) is 0 Å². The Morgan fingerprint density at radius 3 is 2.62 bits per heavy atom. The van der Waals surface area contributed by atoms with Crippen LogP contribution in [0.3, 0.4) is 0 Å². The van der Waals surface area contributed by atoms with Crippen LogP contribution < -0.4 is 0 Å². The van der Waals surface area contributed by atoms with Crippen molar-refractivity contribution in [1.29, 1.82) is 0 Å². The van der Waals surface area contributed by atoms with Gasteiger partial charge in [-0.15, -0.1) is 0 Å². The summed E-state index contributed by atoms with van der Waals surface area (Å²) >= 11 is 0. The highest BCUT2D eigenvalue weighted by Gasteiger charge is 2.19. The fraction of sp³-hybridized carbons (Fsp3) is 0.571. The highest BCUT2D eigenvalue weighted by molar-refractivity contribution is 6.08. The zero-order valence-electron chi connectivity index (χ0n) is 9.96. The van der Waals surface area contributed by atoms with Crippen molar-refractivity contribution < 1.29 is 4.79 Å². The number of carbonyl (C=O) groups excluding carboxylic acids is 1. The second-order valence-electron chi connectivity index (χ2n) is 4.52. The summed E-state index contributed by atoms with van der Waals surface area (Å²) in [5.41, 5.74) is 3.84. The van der Waals surface area contributed by atoms with Gasteiger partial charge in [-0.25, -0.2) is 4.99 Å². The van der Waals surface area contributed by atoms with Gasteiger partial charge in [-0.1, -0.05) is 12.2 Å². The maximum absolute atomic E-state index is 11.4. The van der Waals surface area contributed by atoms with E-state index in [-0.39, 0.29) is 5.91 Å². The Balaban J connectivity index is 2.31. The van der Waals surface area contributed by atoms with Crippen LogP contribution in [-0.2, 0) is 4.79 Å². The predicted molar refractivity (Wildman–Crippen MR) is 66.6 cm³/mol. The van der Waals surface area contributed by atoms with Crippen molar-refractivity contribution in [3.63, 3.8) is 0 Å². The maximum Gasteiger partial charge on any atom is 0.245 e. The van der Waals surface area contributed by atoms with Gasteiger partial charge in [0.2, 0.25) is 5.91 Å². The van der Waals surface area contributed by atoms with Crippen LogP contribution in [0.1, 0.15) is 51.9 Å². The molecule has 0 aromatic carbocycles. The van der Waals surface area contributed by atoms with Crippen molar-refractivity contribution in [2.24, 2.45) is 4.99 Å². The Morgan fingerprint density at radius 1 is 1.06 bits per heavy atom. The lowest BCUT2D eigenvalue weighted by atomic mass is 9.86. The topological polar surface area (TPSA) is 29.4 Å². The smallest absolute Gasteiger partial charge is 0.245 e. The molecule has 0 atom stereocenters. The molecular weight excluding hydrogens is 198 g/mol. The number of hydrogen-bond acceptors (Lipinski definition) is 1. The average molecular weight is 217 g/mol. The van der Waals surface area contributed by atoms with Crippen molar-refractivity contribution in [2.75, 3.05) is 0 Å². The Labute approximate surface area is 97.1 Å². The van der Waals surface area contributed by atoms with E-state index in [1.807, 2.05) is 6.92 Å². The second kappa shape index (κ2) is 5.24. The molecule has 0 unspecified atom stereocenters. The maximum atomic E-state index is 11.4. The molecule has 0 aromatic rings. The van der Waals surface area contributed by atoms with E-state index >= 15 is 0 Å². The van der Waals surface area contributed by atoms with Crippen LogP contribution in [0.15, 0.2) is 28.3 Å². The highest BCUT2D eigenvalue weighted by atomic mass is 16.1. The van der Waals surface area contributed by atoms with E-state index in [0.717, 1.165) is 31.4 Å². The van der Waals surface area contributed by atoms with E-state index in [1.165, 1.54) is 24.0 Å². The summed E-state index contributed by atoms with van der Waals surface area (Å²) in [6.07, 6.45) is 11.6. The molecule has 2 nitrogen and oxygen atoms in total. The molecule has 1 amide bonds. The molecule has 1 aliphatic heterocycles. The van der Waals surface area contributed by atoms with Crippen LogP contribution in [0.2, 0.25) is 0 Å². The van der Waals surface area contributed by atoms with E-state index in [1.54, 1.807) is 0 Å². The Hall–Kier alpha value is -1.18. The van der Waals surface area contributed by atoms with Crippen molar-refractivity contribution in [3.05, 3.63) is 23.3 Å². The van der Waals surface area contributed by atoms with Crippen LogP contribution in [0.25, 0.3) is 0 Å². The van der Waals surface area contributed by atoms with E-state index in [9.17, 15) is 4.79 Å². The molecule has 0 radical (unpaired) electrons. The average Bonchev–Trinajstić information content (AvgIpc) is 2.30. The number of carbonyl (C=O) groups is 1. The lowest BCUT2D eigenvalue weighted by molar-refractivity contribution is -0.118. The summed E-state index contributed by atoms with van der Waals surface area (Å²) in [7, 11) is 0. The van der Waals surface area contributed by atoms with Gasteiger partial charge in [-0.3, -0.25) is 4.79 Å². The van der Waals surface area contributed by atoms with E-state index in [4.69, 9.17) is 0 Å². The van der Waals surface area contributed by atoms with Gasteiger partial charge in [0, 0.05) is 12.1 Å². The fourth-order valence-electron chi connectivity index (χ4n) is 2.53. The third-order valence-corrected chi connectivity index (χ3v) is 3.29. The highest BCUT2D eigenvalue weighted by Crippen LogP contribution is 2.29. The van der Waals surface area contributed by atoms with Gasteiger partial charge >= 0.3 is 0 Å². The summed E-state index contributed by atoms with van der Waals surface area (Å²) < 4.78 is 0. The molecule has 2 rings (SSSR count). The summed E-state index contributed by atoms with van der Waals surface area (Å²) in [4.78, 5) is 15.6. The third-order valence-electron chi connectivity index (χ3n) is 3.29. The SMILES string of the molecule is C/C=C\C1=C(C2=NC(=O)CCC2)CCCC1. The number of amides is 1. The lowest BCUT2D eigenvalue weighted by Gasteiger charge is -2.21. The Bertz CT molecular complexity index is 374. The fourth-order valence-corrected chi connectivity index (χ4v) is 2.53. The molecular formula is C14H19NO. The molecule has 1 aliphatic carbocycles. The molecule has 0 bridgehead atoms. The molecule has 16 heavy (non-hydrogen) atoms. The lowest BCUT2D eigenvalue weighted by Crippen LogP contribution is -2.16. The largest absolute Gasteiger partial charge is 0.273 e. The normalized spacial score (nSPS) is 22.8. The van der Waals surface area contributed by atoms with Gasteiger partial charge in [0.05, 0.1) is 0 Å². The van der Waals surface area contributed by atoms with Gasteiger partial charge in [-0.2, -0.15) is 0 Å². The van der Waals surface area contributed by atoms with Crippen LogP contribution in [-0.4, -0.2) is 11.6 Å². The Kier molecular flexibility index (Phi) is 3.70. The molecule has 2 aliphatic rings. The van der Waals surface area contributed by atoms with Crippen LogP contribution in [0.5, 0.6) is 0 Å². The first-order valence-corrected chi connectivity index (χ1v) is 6.26. The molecule has 0 spiro atoms. The molecule has 0 aromatic heterocycles. The van der Waals surface area contributed by atoms with E-state index in [0.29, 0.717) is 6.42 Å². The van der Waals surface area contributed by atoms with Gasteiger partial charge < -0.3 is 0 Å². The predicted octanol–water partition coefficient (Wildman–Crippen LogP) is 3.58. The molecule has 0 fully saturated rings. The minimum atomic E-state index is 0.0687. The third kappa shape index (κ3) is 2.49. The molecule has 0 saturated heterocycles. The molecule has 0 saturated carbocycles. The number of allylic oxidation sites excluding steroid dienone is 4. The second-order valence-corrected chi connectivity index (χ2v) is 4.52. The molecule has 2 heteroatoms. The van der Waals surface area contributed by atoms with Gasteiger partial charge in [0.25, 0.3) is 0 Å². The minimum Gasteiger partial charge on any atom is -0.273 e. The summed E-state index contributed by atoms with van der Waals surface area (Å²) in [5.74, 6) is 0.0687. The van der Waals surface area contributed by atoms with Crippen LogP contribution >= 0.6 is 0 Å². The van der Waals surface area contributed by atoms with Gasteiger partial charge in [-0.05, 0) is 56.6 Å². The summed E-state index contributed by atoms with van der Waals surface area (Å²) in [5, 5.41) is 0. The van der Waals surface area contributed by atoms with E-state index < -0.39 is 0 Å². The summed E-state index contributed by atoms with van der Waals surface area (Å²) in [6.45, 7) is 2.05. The molecule has 86 valence electrons. The first-order chi connectivity index (χ1) is 7.81. The standard InChI is InChI=1S/C14H19NO/c1-2-6-11-7-3-4-8-12(11)13-9-5-10-14(16)15-13/h2,6H,3-5,7-10H2,1H3/b6-2-. The number of aliphatic imine (C=N–C) groups is 1. The molecule has 1 heterocycles. The summed E-state index contributed by atoms with van der Waals surface area (Å²) in [6, 6.07) is 0. The number of rotatable bonds is 2.